The van der Waals surface area contributed by atoms with Crippen molar-refractivity contribution in [1.82, 2.24) is 15.0 Å². The molecule has 3 aromatic rings. The topological polar surface area (TPSA) is 106 Å². The Hall–Kier alpha value is -3.12. The molecule has 0 bridgehead atoms. The first kappa shape index (κ1) is 24.9. The molecule has 1 aliphatic rings. The van der Waals surface area contributed by atoms with Crippen molar-refractivity contribution in [1.29, 1.82) is 0 Å². The molecule has 0 atom stereocenters. The molecule has 7 nitrogen and oxygen atoms in total. The summed E-state index contributed by atoms with van der Waals surface area (Å²) in [6, 6.07) is 15.5. The molecule has 30 heavy (non-hydrogen) atoms. The molecule has 0 radical (unpaired) electrons. The summed E-state index contributed by atoms with van der Waals surface area (Å²) in [7, 11) is 0. The summed E-state index contributed by atoms with van der Waals surface area (Å²) < 4.78 is 0. The van der Waals surface area contributed by atoms with Crippen molar-refractivity contribution < 1.29 is 24.6 Å². The molecule has 4 rings (SSSR count). The van der Waals surface area contributed by atoms with Crippen LogP contribution in [0.15, 0.2) is 85.2 Å². The Balaban J connectivity index is 0.000000291. The number of aromatic nitrogens is 3. The molecule has 1 aliphatic carbocycles. The molecule has 0 unspecified atom stereocenters. The first-order chi connectivity index (χ1) is 14.2. The summed E-state index contributed by atoms with van der Waals surface area (Å²) >= 11 is 0. The summed E-state index contributed by atoms with van der Waals surface area (Å²) in [6.45, 7) is 0. The van der Waals surface area contributed by atoms with Crippen LogP contribution in [0, 0.1) is 15.3 Å². The van der Waals surface area contributed by atoms with Gasteiger partial charge in [0.2, 0.25) is 0 Å². The maximum Gasteiger partial charge on any atom is 2.00 e. The maximum atomic E-state index is 8.25. The third-order valence-electron chi connectivity index (χ3n) is 3.83. The second kappa shape index (κ2) is 14.8. The molecular formula is C22H22N4O3Ru. The number of allylic oxidation sites excluding steroid dienone is 4. The van der Waals surface area contributed by atoms with Gasteiger partial charge < -0.3 is 20.3 Å². The van der Waals surface area contributed by atoms with Crippen LogP contribution < -0.4 is 4.98 Å². The molecular weight excluding hydrogens is 469 g/mol. The van der Waals surface area contributed by atoms with E-state index < -0.39 is 5.09 Å². The van der Waals surface area contributed by atoms with Gasteiger partial charge in [0.15, 0.2) is 0 Å². The van der Waals surface area contributed by atoms with E-state index >= 15 is 0 Å². The van der Waals surface area contributed by atoms with Crippen molar-refractivity contribution in [2.75, 3.05) is 0 Å². The number of nitrogens with zero attached hydrogens (tertiary/aromatic N) is 4. The van der Waals surface area contributed by atoms with E-state index in [0.717, 1.165) is 22.8 Å². The van der Waals surface area contributed by atoms with Crippen molar-refractivity contribution in [3.05, 3.63) is 101 Å². The fraction of sp³-hybridized carbons (Fsp3) is 0.182. The zero-order valence-electron chi connectivity index (χ0n) is 16.3. The first-order valence-electron chi connectivity index (χ1n) is 9.25. The molecule has 0 spiro atoms. The van der Waals surface area contributed by atoms with Gasteiger partial charge in [0.05, 0.1) is 5.09 Å². The molecule has 0 fully saturated rings. The Kier molecular flexibility index (Phi) is 12.3. The minimum Gasteiger partial charge on any atom is -0.654 e. The molecule has 156 valence electrons. The molecule has 3 aromatic heterocycles. The zero-order chi connectivity index (χ0) is 20.7. The third-order valence-corrected chi connectivity index (χ3v) is 3.83. The SMILES string of the molecule is C1=C\CC/C=C\CC/1.O=[N+]([O-])[O-].[Ru+2].c1ccc(-c2ccc(-c3ccccn3)[n-]2)nc1. The van der Waals surface area contributed by atoms with Gasteiger partial charge in [-0.25, -0.2) is 0 Å². The van der Waals surface area contributed by atoms with Crippen molar-refractivity contribution >= 4 is 0 Å². The smallest absolute Gasteiger partial charge is 0.654 e. The molecule has 3 heterocycles. The number of rotatable bonds is 2. The van der Waals surface area contributed by atoms with E-state index in [-0.39, 0.29) is 19.5 Å². The summed E-state index contributed by atoms with van der Waals surface area (Å²) in [6.07, 6.45) is 17.5. The van der Waals surface area contributed by atoms with Crippen LogP contribution >= 0.6 is 0 Å². The van der Waals surface area contributed by atoms with Crippen LogP contribution in [0.2, 0.25) is 0 Å². The number of hydrogen-bond donors (Lipinski definition) is 0. The van der Waals surface area contributed by atoms with Crippen molar-refractivity contribution in [3.63, 3.8) is 0 Å². The molecule has 0 saturated carbocycles. The molecule has 0 aromatic carbocycles. The van der Waals surface area contributed by atoms with Gasteiger partial charge in [-0.2, -0.15) is 0 Å². The van der Waals surface area contributed by atoms with E-state index in [1.54, 1.807) is 12.4 Å². The van der Waals surface area contributed by atoms with Crippen LogP contribution in [0.4, 0.5) is 0 Å². The van der Waals surface area contributed by atoms with Crippen LogP contribution in [0.1, 0.15) is 25.7 Å². The van der Waals surface area contributed by atoms with Gasteiger partial charge in [-0.15, -0.1) is 11.4 Å². The van der Waals surface area contributed by atoms with Crippen LogP contribution in [-0.2, 0) is 19.5 Å². The first-order valence-corrected chi connectivity index (χ1v) is 9.25. The predicted octanol–water partition coefficient (Wildman–Crippen LogP) is 5.20. The van der Waals surface area contributed by atoms with Gasteiger partial charge in [0.1, 0.15) is 0 Å². The fourth-order valence-corrected chi connectivity index (χ4v) is 2.53. The van der Waals surface area contributed by atoms with E-state index in [0.29, 0.717) is 0 Å². The maximum absolute atomic E-state index is 8.25. The van der Waals surface area contributed by atoms with E-state index in [1.165, 1.54) is 25.7 Å². The predicted molar refractivity (Wildman–Crippen MR) is 113 cm³/mol. The third kappa shape index (κ3) is 9.89. The van der Waals surface area contributed by atoms with Gasteiger partial charge in [-0.3, -0.25) is 9.97 Å². The average molecular weight is 492 g/mol. The van der Waals surface area contributed by atoms with E-state index in [4.69, 9.17) is 15.3 Å². The zero-order valence-corrected chi connectivity index (χ0v) is 18.0. The van der Waals surface area contributed by atoms with Crippen LogP contribution in [-0.4, -0.2) is 15.1 Å². The summed E-state index contributed by atoms with van der Waals surface area (Å²) in [4.78, 5) is 21.3. The van der Waals surface area contributed by atoms with Crippen molar-refractivity contribution in [2.24, 2.45) is 0 Å². The molecule has 0 aliphatic heterocycles. The van der Waals surface area contributed by atoms with Gasteiger partial charge in [-0.1, -0.05) is 48.6 Å². The Bertz CT molecular complexity index is 828. The number of hydrogen-bond acceptors (Lipinski definition) is 5. The quantitative estimate of drug-likeness (QED) is 0.211. The monoisotopic (exact) mass is 492 g/mol. The second-order valence-electron chi connectivity index (χ2n) is 5.97. The molecule has 0 amide bonds. The van der Waals surface area contributed by atoms with Gasteiger partial charge in [-0.05, 0) is 49.9 Å². The molecule has 0 saturated heterocycles. The standard InChI is InChI=1S/C14H10N3.C8H12.NO3.Ru/c1-3-9-15-11(5-1)13-7-8-14(17-13)12-6-2-4-10-16-12;1-2-4-6-8-7-5-3-1;2-1(3)4;/h1-10H;1-2,7-8H,3-6H2;;/q-1;;-1;+2/b;2-1-,8-7-;;. The number of pyridine rings is 2. The van der Waals surface area contributed by atoms with Crippen LogP contribution in [0.3, 0.4) is 0 Å². The molecule has 0 N–H and O–H groups in total. The second-order valence-corrected chi connectivity index (χ2v) is 5.97. The van der Waals surface area contributed by atoms with E-state index in [1.807, 2.05) is 48.5 Å². The van der Waals surface area contributed by atoms with Gasteiger partial charge in [0.25, 0.3) is 0 Å². The summed E-state index contributed by atoms with van der Waals surface area (Å²) in [5.74, 6) is 0. The largest absolute Gasteiger partial charge is 2.00 e. The Morgan fingerprint density at radius 2 is 1.07 bits per heavy atom. The Labute approximate surface area is 188 Å². The van der Waals surface area contributed by atoms with Gasteiger partial charge in [0, 0.05) is 23.8 Å². The molecule has 8 heteroatoms. The van der Waals surface area contributed by atoms with Crippen molar-refractivity contribution in [2.45, 2.75) is 25.7 Å². The van der Waals surface area contributed by atoms with Crippen LogP contribution in [0.25, 0.3) is 22.8 Å². The van der Waals surface area contributed by atoms with E-state index in [9.17, 15) is 0 Å². The Morgan fingerprint density at radius 1 is 0.700 bits per heavy atom. The van der Waals surface area contributed by atoms with E-state index in [2.05, 4.69) is 39.3 Å². The average Bonchev–Trinajstić information content (AvgIpc) is 3.19. The van der Waals surface area contributed by atoms with Gasteiger partial charge >= 0.3 is 19.5 Å². The summed E-state index contributed by atoms with van der Waals surface area (Å²) in [5, 5.41) is 14.8. The Morgan fingerprint density at radius 3 is 1.37 bits per heavy atom. The fourth-order valence-electron chi connectivity index (χ4n) is 2.53. The van der Waals surface area contributed by atoms with Crippen molar-refractivity contribution in [3.8, 4) is 22.8 Å². The minimum atomic E-state index is -1.75. The normalized spacial score (nSPS) is 14.1. The minimum absolute atomic E-state index is 0. The summed E-state index contributed by atoms with van der Waals surface area (Å²) in [5.41, 5.74) is 3.53. The van der Waals surface area contributed by atoms with Crippen LogP contribution in [0.5, 0.6) is 0 Å².